The van der Waals surface area contributed by atoms with Crippen molar-refractivity contribution >= 4 is 11.6 Å². The average molecular weight is 286 g/mol. The van der Waals surface area contributed by atoms with Crippen LogP contribution in [0.3, 0.4) is 0 Å². The Bertz CT molecular complexity index is 753. The van der Waals surface area contributed by atoms with Crippen LogP contribution in [0, 0.1) is 6.92 Å². The number of carbonyl (C=O) groups is 1. The van der Waals surface area contributed by atoms with Gasteiger partial charge in [-0.2, -0.15) is 0 Å². The van der Waals surface area contributed by atoms with Crippen molar-refractivity contribution in [2.75, 3.05) is 19.6 Å². The van der Waals surface area contributed by atoms with Gasteiger partial charge in [0.25, 0.3) is 11.5 Å². The first kappa shape index (κ1) is 13.8. The lowest BCUT2D eigenvalue weighted by Gasteiger charge is -2.31. The van der Waals surface area contributed by atoms with E-state index in [0.29, 0.717) is 18.7 Å². The van der Waals surface area contributed by atoms with Gasteiger partial charge in [0.1, 0.15) is 11.2 Å². The van der Waals surface area contributed by atoms with Crippen LogP contribution in [-0.2, 0) is 0 Å². The molecule has 3 rings (SSSR count). The van der Waals surface area contributed by atoms with Gasteiger partial charge in [-0.25, -0.2) is 4.98 Å². The van der Waals surface area contributed by atoms with Crippen LogP contribution in [0.25, 0.3) is 5.65 Å². The normalized spacial score (nSPS) is 19.0. The molecule has 2 aromatic heterocycles. The largest absolute Gasteiger partial charge is 0.336 e. The van der Waals surface area contributed by atoms with Crippen LogP contribution in [0.5, 0.6) is 0 Å². The number of rotatable bonds is 1. The lowest BCUT2D eigenvalue weighted by molar-refractivity contribution is 0.0706. The number of nitrogens with one attached hydrogen (secondary N) is 1. The predicted molar refractivity (Wildman–Crippen MR) is 79.6 cm³/mol. The Labute approximate surface area is 122 Å². The molecule has 1 fully saturated rings. The van der Waals surface area contributed by atoms with Gasteiger partial charge in [0.15, 0.2) is 0 Å². The van der Waals surface area contributed by atoms with Crippen molar-refractivity contribution in [2.45, 2.75) is 19.9 Å². The van der Waals surface area contributed by atoms with Crippen LogP contribution >= 0.6 is 0 Å². The second-order valence-corrected chi connectivity index (χ2v) is 5.52. The number of nitrogens with zero attached hydrogens (tertiary/aromatic N) is 3. The lowest BCUT2D eigenvalue weighted by Crippen LogP contribution is -2.52. The first-order valence-electron chi connectivity index (χ1n) is 7.07. The van der Waals surface area contributed by atoms with Crippen molar-refractivity contribution in [1.82, 2.24) is 19.6 Å². The van der Waals surface area contributed by atoms with Gasteiger partial charge in [-0.3, -0.25) is 14.0 Å². The molecule has 0 saturated carbocycles. The lowest BCUT2D eigenvalue weighted by atomic mass is 10.2. The molecule has 0 radical (unpaired) electrons. The standard InChI is InChI=1S/C15H18N4O2/c1-10-3-5-19-13(7-10)17-8-12(15(19)21)14(20)18-6-4-16-11(2)9-18/h3,5,7-8,11,16H,4,6,9H2,1-2H3. The highest BCUT2D eigenvalue weighted by Gasteiger charge is 2.24. The Morgan fingerprint density at radius 2 is 2.29 bits per heavy atom. The van der Waals surface area contributed by atoms with E-state index in [1.54, 1.807) is 11.1 Å². The van der Waals surface area contributed by atoms with Gasteiger partial charge in [0.05, 0.1) is 0 Å². The predicted octanol–water partition coefficient (Wildman–Crippen LogP) is 0.437. The van der Waals surface area contributed by atoms with Crippen LogP contribution < -0.4 is 10.9 Å². The zero-order valence-electron chi connectivity index (χ0n) is 12.2. The fourth-order valence-corrected chi connectivity index (χ4v) is 2.61. The Kier molecular flexibility index (Phi) is 3.47. The van der Waals surface area contributed by atoms with Crippen LogP contribution in [0.15, 0.2) is 29.3 Å². The Morgan fingerprint density at radius 3 is 3.05 bits per heavy atom. The number of aryl methyl sites for hydroxylation is 1. The zero-order chi connectivity index (χ0) is 15.0. The molecule has 1 saturated heterocycles. The van der Waals surface area contributed by atoms with Crippen LogP contribution in [-0.4, -0.2) is 45.9 Å². The van der Waals surface area contributed by atoms with Gasteiger partial charge in [0.2, 0.25) is 0 Å². The highest BCUT2D eigenvalue weighted by atomic mass is 16.2. The number of carbonyl (C=O) groups excluding carboxylic acids is 1. The van der Waals surface area contributed by atoms with E-state index in [1.165, 1.54) is 10.6 Å². The summed E-state index contributed by atoms with van der Waals surface area (Å²) in [5.74, 6) is -0.240. The fraction of sp³-hybridized carbons (Fsp3) is 0.400. The average Bonchev–Trinajstić information content (AvgIpc) is 2.47. The highest BCUT2D eigenvalue weighted by Crippen LogP contribution is 2.06. The summed E-state index contributed by atoms with van der Waals surface area (Å²) in [4.78, 5) is 30.9. The number of pyridine rings is 1. The Hall–Kier alpha value is -2.21. The minimum atomic E-state index is -0.309. The Morgan fingerprint density at radius 1 is 1.48 bits per heavy atom. The summed E-state index contributed by atoms with van der Waals surface area (Å²) < 4.78 is 1.42. The SMILES string of the molecule is Cc1ccn2c(=O)c(C(=O)N3CCNC(C)C3)cnc2c1. The summed E-state index contributed by atoms with van der Waals surface area (Å²) in [5.41, 5.74) is 1.41. The number of aromatic nitrogens is 2. The first-order chi connectivity index (χ1) is 10.1. The number of piperazine rings is 1. The van der Waals surface area contributed by atoms with E-state index in [9.17, 15) is 9.59 Å². The molecule has 21 heavy (non-hydrogen) atoms. The van der Waals surface area contributed by atoms with E-state index in [-0.39, 0.29) is 23.1 Å². The topological polar surface area (TPSA) is 66.7 Å². The molecule has 1 amide bonds. The zero-order valence-corrected chi connectivity index (χ0v) is 12.2. The summed E-state index contributed by atoms with van der Waals surface area (Å²) >= 11 is 0. The van der Waals surface area contributed by atoms with E-state index in [2.05, 4.69) is 10.3 Å². The highest BCUT2D eigenvalue weighted by molar-refractivity contribution is 5.93. The molecule has 1 unspecified atom stereocenters. The minimum Gasteiger partial charge on any atom is -0.336 e. The second-order valence-electron chi connectivity index (χ2n) is 5.52. The molecule has 6 heteroatoms. The molecule has 2 aromatic rings. The maximum Gasteiger partial charge on any atom is 0.270 e. The van der Waals surface area contributed by atoms with E-state index in [0.717, 1.165) is 12.1 Å². The molecule has 1 aliphatic heterocycles. The molecule has 1 N–H and O–H groups in total. The van der Waals surface area contributed by atoms with E-state index in [1.807, 2.05) is 26.0 Å². The number of hydrogen-bond donors (Lipinski definition) is 1. The Balaban J connectivity index is 2.00. The summed E-state index contributed by atoms with van der Waals surface area (Å²) in [6.07, 6.45) is 3.06. The van der Waals surface area contributed by atoms with Gasteiger partial charge in [0, 0.05) is 38.1 Å². The van der Waals surface area contributed by atoms with Gasteiger partial charge >= 0.3 is 0 Å². The van der Waals surface area contributed by atoms with Crippen molar-refractivity contribution in [3.63, 3.8) is 0 Å². The molecule has 1 atom stereocenters. The molecule has 110 valence electrons. The van der Waals surface area contributed by atoms with Gasteiger partial charge in [-0.15, -0.1) is 0 Å². The van der Waals surface area contributed by atoms with Gasteiger partial charge in [-0.05, 0) is 31.5 Å². The van der Waals surface area contributed by atoms with Gasteiger partial charge < -0.3 is 10.2 Å². The molecule has 1 aliphatic rings. The number of hydrogen-bond acceptors (Lipinski definition) is 4. The first-order valence-corrected chi connectivity index (χ1v) is 7.07. The number of amides is 1. The maximum absolute atomic E-state index is 12.5. The van der Waals surface area contributed by atoms with Crippen molar-refractivity contribution in [3.8, 4) is 0 Å². The van der Waals surface area contributed by atoms with Crippen LogP contribution in [0.4, 0.5) is 0 Å². The van der Waals surface area contributed by atoms with Crippen molar-refractivity contribution in [3.05, 3.63) is 46.0 Å². The van der Waals surface area contributed by atoms with Crippen molar-refractivity contribution in [1.29, 1.82) is 0 Å². The van der Waals surface area contributed by atoms with Crippen molar-refractivity contribution < 1.29 is 4.79 Å². The molecular weight excluding hydrogens is 268 g/mol. The summed E-state index contributed by atoms with van der Waals surface area (Å²) in [7, 11) is 0. The summed E-state index contributed by atoms with van der Waals surface area (Å²) in [5, 5.41) is 3.28. The molecule has 0 aromatic carbocycles. The molecular formula is C15H18N4O2. The third-order valence-electron chi connectivity index (χ3n) is 3.75. The second kappa shape index (κ2) is 5.29. The maximum atomic E-state index is 12.5. The van der Waals surface area contributed by atoms with E-state index < -0.39 is 0 Å². The number of fused-ring (bicyclic) bond motifs is 1. The molecule has 3 heterocycles. The van der Waals surface area contributed by atoms with Crippen molar-refractivity contribution in [2.24, 2.45) is 0 Å². The third-order valence-corrected chi connectivity index (χ3v) is 3.75. The van der Waals surface area contributed by atoms with Gasteiger partial charge in [-0.1, -0.05) is 0 Å². The fourth-order valence-electron chi connectivity index (χ4n) is 2.61. The van der Waals surface area contributed by atoms with Crippen LogP contribution in [0.1, 0.15) is 22.8 Å². The van der Waals surface area contributed by atoms with Crippen LogP contribution in [0.2, 0.25) is 0 Å². The third kappa shape index (κ3) is 2.54. The minimum absolute atomic E-state index is 0.130. The molecule has 6 nitrogen and oxygen atoms in total. The monoisotopic (exact) mass is 286 g/mol. The molecule has 0 aliphatic carbocycles. The summed E-state index contributed by atoms with van der Waals surface area (Å²) in [6.45, 7) is 5.92. The summed E-state index contributed by atoms with van der Waals surface area (Å²) in [6, 6.07) is 3.89. The quantitative estimate of drug-likeness (QED) is 0.826. The molecule has 0 bridgehead atoms. The molecule has 0 spiro atoms. The van der Waals surface area contributed by atoms with E-state index in [4.69, 9.17) is 0 Å². The smallest absolute Gasteiger partial charge is 0.270 e. The van der Waals surface area contributed by atoms with E-state index >= 15 is 0 Å².